The van der Waals surface area contributed by atoms with Crippen molar-refractivity contribution in [2.45, 2.75) is 19.9 Å². The first-order chi connectivity index (χ1) is 15.2. The molecule has 1 aromatic carbocycles. The number of rotatable bonds is 7. The van der Waals surface area contributed by atoms with E-state index in [1.165, 1.54) is 0 Å². The molecule has 10 heteroatoms. The molecule has 0 radical (unpaired) electrons. The van der Waals surface area contributed by atoms with Crippen molar-refractivity contribution in [1.29, 1.82) is 0 Å². The maximum Gasteiger partial charge on any atom is 0.231 e. The van der Waals surface area contributed by atoms with Gasteiger partial charge in [-0.15, -0.1) is 0 Å². The third-order valence-electron chi connectivity index (χ3n) is 5.44. The zero-order valence-electron chi connectivity index (χ0n) is 17.8. The van der Waals surface area contributed by atoms with Gasteiger partial charge in [0.1, 0.15) is 6.33 Å². The highest BCUT2D eigenvalue weighted by atomic mass is 16.7. The minimum absolute atomic E-state index is 0.198. The van der Waals surface area contributed by atoms with Crippen LogP contribution in [0.5, 0.6) is 11.5 Å². The number of benzene rings is 1. The Labute approximate surface area is 180 Å². The fraction of sp³-hybridized carbons (Fsp3) is 0.476. The largest absolute Gasteiger partial charge is 0.454 e. The molecule has 31 heavy (non-hydrogen) atoms. The van der Waals surface area contributed by atoms with Crippen LogP contribution in [0.3, 0.4) is 0 Å². The summed E-state index contributed by atoms with van der Waals surface area (Å²) in [5.74, 6) is 2.91. The summed E-state index contributed by atoms with van der Waals surface area (Å²) in [6, 6.07) is 5.91. The Kier molecular flexibility index (Phi) is 5.47. The lowest BCUT2D eigenvalue weighted by molar-refractivity contribution is 0.0398. The molecule has 2 N–H and O–H groups in total. The van der Waals surface area contributed by atoms with E-state index < -0.39 is 0 Å². The van der Waals surface area contributed by atoms with Crippen molar-refractivity contribution < 1.29 is 14.2 Å². The summed E-state index contributed by atoms with van der Waals surface area (Å²) in [7, 11) is 0. The van der Waals surface area contributed by atoms with Gasteiger partial charge in [-0.05, 0) is 26.0 Å². The molecule has 2 aromatic heterocycles. The molecule has 0 atom stereocenters. The van der Waals surface area contributed by atoms with Crippen LogP contribution in [0.15, 0.2) is 24.5 Å². The minimum Gasteiger partial charge on any atom is -0.454 e. The Hall–Kier alpha value is -3.11. The highest BCUT2D eigenvalue weighted by Gasteiger charge is 2.19. The monoisotopic (exact) mass is 425 g/mol. The zero-order chi connectivity index (χ0) is 21.2. The normalized spacial score (nSPS) is 16.2. The van der Waals surface area contributed by atoms with Gasteiger partial charge >= 0.3 is 0 Å². The lowest BCUT2D eigenvalue weighted by atomic mass is 10.2. The van der Waals surface area contributed by atoms with Gasteiger partial charge in [0.15, 0.2) is 28.5 Å². The van der Waals surface area contributed by atoms with Crippen LogP contribution in [-0.2, 0) is 4.74 Å². The lowest BCUT2D eigenvalue weighted by Gasteiger charge is -2.26. The molecular formula is C21H27N7O3. The Morgan fingerprint density at radius 3 is 2.77 bits per heavy atom. The summed E-state index contributed by atoms with van der Waals surface area (Å²) in [6.45, 7) is 9.78. The number of anilines is 3. The summed E-state index contributed by atoms with van der Waals surface area (Å²) >= 11 is 0. The second kappa shape index (κ2) is 8.56. The molecule has 0 saturated carbocycles. The number of nitrogens with one attached hydrogen (secondary N) is 2. The van der Waals surface area contributed by atoms with Crippen molar-refractivity contribution in [3.8, 4) is 11.5 Å². The molecule has 3 aromatic rings. The average Bonchev–Trinajstić information content (AvgIpc) is 3.39. The van der Waals surface area contributed by atoms with E-state index in [1.807, 2.05) is 18.2 Å². The molecule has 10 nitrogen and oxygen atoms in total. The maximum absolute atomic E-state index is 5.48. The number of nitrogens with zero attached hydrogens (tertiary/aromatic N) is 5. The number of aromatic nitrogens is 4. The first kappa shape index (κ1) is 19.8. The quantitative estimate of drug-likeness (QED) is 0.592. The van der Waals surface area contributed by atoms with E-state index in [0.29, 0.717) is 11.6 Å². The smallest absolute Gasteiger partial charge is 0.231 e. The maximum atomic E-state index is 5.48. The van der Waals surface area contributed by atoms with E-state index in [9.17, 15) is 0 Å². The van der Waals surface area contributed by atoms with Crippen LogP contribution in [0.2, 0.25) is 0 Å². The molecule has 2 aliphatic heterocycles. The molecule has 1 saturated heterocycles. The molecular weight excluding hydrogens is 398 g/mol. The van der Waals surface area contributed by atoms with Crippen LogP contribution >= 0.6 is 0 Å². The van der Waals surface area contributed by atoms with Gasteiger partial charge in [-0.3, -0.25) is 9.47 Å². The highest BCUT2D eigenvalue weighted by Crippen LogP contribution is 2.36. The van der Waals surface area contributed by atoms with Crippen LogP contribution in [0.4, 0.5) is 17.5 Å². The zero-order valence-corrected chi connectivity index (χ0v) is 17.8. The predicted octanol–water partition coefficient (Wildman–Crippen LogP) is 2.62. The highest BCUT2D eigenvalue weighted by molar-refractivity contribution is 5.87. The molecule has 0 bridgehead atoms. The van der Waals surface area contributed by atoms with E-state index in [-0.39, 0.29) is 12.8 Å². The van der Waals surface area contributed by atoms with Gasteiger partial charge < -0.3 is 24.8 Å². The van der Waals surface area contributed by atoms with Crippen molar-refractivity contribution in [2.24, 2.45) is 0 Å². The number of hydrogen-bond donors (Lipinski definition) is 2. The standard InChI is InChI=1S/C21H27N7O3/c1-14(2)28-20-18(26-21(28)22-5-6-27-7-9-29-10-8-27)19(23-12-24-20)25-15-3-4-16-17(11-15)31-13-30-16/h3-4,11-12,14H,5-10,13H2,1-2H3,(H,22,26)(H,23,24,25). The topological polar surface area (TPSA) is 98.6 Å². The number of ether oxygens (including phenoxy) is 3. The Morgan fingerprint density at radius 2 is 1.94 bits per heavy atom. The summed E-state index contributed by atoms with van der Waals surface area (Å²) in [5.41, 5.74) is 2.37. The first-order valence-corrected chi connectivity index (χ1v) is 10.6. The van der Waals surface area contributed by atoms with Crippen molar-refractivity contribution in [2.75, 3.05) is 56.8 Å². The third kappa shape index (κ3) is 4.08. The second-order valence-corrected chi connectivity index (χ2v) is 7.87. The van der Waals surface area contributed by atoms with Gasteiger partial charge in [-0.1, -0.05) is 0 Å². The third-order valence-corrected chi connectivity index (χ3v) is 5.44. The average molecular weight is 425 g/mol. The molecule has 1 fully saturated rings. The molecule has 0 spiro atoms. The van der Waals surface area contributed by atoms with Gasteiger partial charge in [0.25, 0.3) is 0 Å². The number of imidazole rings is 1. The first-order valence-electron chi connectivity index (χ1n) is 10.6. The van der Waals surface area contributed by atoms with Crippen LogP contribution < -0.4 is 20.1 Å². The molecule has 0 aliphatic carbocycles. The van der Waals surface area contributed by atoms with Gasteiger partial charge in [-0.25, -0.2) is 15.0 Å². The van der Waals surface area contributed by atoms with Crippen LogP contribution in [0.1, 0.15) is 19.9 Å². The molecule has 2 aliphatic rings. The van der Waals surface area contributed by atoms with E-state index >= 15 is 0 Å². The minimum atomic E-state index is 0.198. The summed E-state index contributed by atoms with van der Waals surface area (Å²) < 4.78 is 18.4. The fourth-order valence-corrected chi connectivity index (χ4v) is 3.88. The molecule has 4 heterocycles. The van der Waals surface area contributed by atoms with Crippen molar-refractivity contribution in [3.63, 3.8) is 0 Å². The van der Waals surface area contributed by atoms with E-state index in [4.69, 9.17) is 19.2 Å². The van der Waals surface area contributed by atoms with Gasteiger partial charge in [0.05, 0.1) is 13.2 Å². The van der Waals surface area contributed by atoms with Gasteiger partial charge in [0, 0.05) is 44.0 Å². The molecule has 5 rings (SSSR count). The van der Waals surface area contributed by atoms with Crippen LogP contribution in [-0.4, -0.2) is 70.6 Å². The van der Waals surface area contributed by atoms with Gasteiger partial charge in [0.2, 0.25) is 12.7 Å². The van der Waals surface area contributed by atoms with Crippen molar-refractivity contribution in [3.05, 3.63) is 24.5 Å². The summed E-state index contributed by atoms with van der Waals surface area (Å²) in [6.07, 6.45) is 1.57. The van der Waals surface area contributed by atoms with Crippen molar-refractivity contribution >= 4 is 28.6 Å². The van der Waals surface area contributed by atoms with Crippen LogP contribution in [0, 0.1) is 0 Å². The Morgan fingerprint density at radius 1 is 1.10 bits per heavy atom. The lowest BCUT2D eigenvalue weighted by Crippen LogP contribution is -2.39. The SMILES string of the molecule is CC(C)n1c(NCCN2CCOCC2)nc2c(Nc3ccc4c(c3)OCO4)ncnc21. The predicted molar refractivity (Wildman–Crippen MR) is 117 cm³/mol. The molecule has 0 amide bonds. The van der Waals surface area contributed by atoms with Crippen molar-refractivity contribution in [1.82, 2.24) is 24.4 Å². The Bertz CT molecular complexity index is 1060. The Balaban J connectivity index is 1.39. The fourth-order valence-electron chi connectivity index (χ4n) is 3.88. The second-order valence-electron chi connectivity index (χ2n) is 7.87. The molecule has 0 unspecified atom stereocenters. The number of hydrogen-bond acceptors (Lipinski definition) is 9. The van der Waals surface area contributed by atoms with Gasteiger partial charge in [-0.2, -0.15) is 0 Å². The summed E-state index contributed by atoms with van der Waals surface area (Å²) in [4.78, 5) is 16.2. The van der Waals surface area contributed by atoms with Crippen LogP contribution in [0.25, 0.3) is 11.2 Å². The summed E-state index contributed by atoms with van der Waals surface area (Å²) in [5, 5.41) is 6.85. The van der Waals surface area contributed by atoms with E-state index in [2.05, 4.69) is 43.9 Å². The molecule has 164 valence electrons. The number of morpholine rings is 1. The van der Waals surface area contributed by atoms with E-state index in [1.54, 1.807) is 6.33 Å². The van der Waals surface area contributed by atoms with E-state index in [0.717, 1.165) is 67.9 Å². The number of fused-ring (bicyclic) bond motifs is 2.